The number of fused-ring (bicyclic) bond motifs is 1. The zero-order chi connectivity index (χ0) is 15.7. The van der Waals surface area contributed by atoms with Crippen molar-refractivity contribution in [3.63, 3.8) is 0 Å². The zero-order valence-electron chi connectivity index (χ0n) is 12.6. The molecule has 2 saturated heterocycles. The van der Waals surface area contributed by atoms with E-state index in [1.165, 1.54) is 7.11 Å². The van der Waals surface area contributed by atoms with Crippen LogP contribution in [0.1, 0.15) is 20.8 Å². The van der Waals surface area contributed by atoms with Crippen LogP contribution in [0.5, 0.6) is 0 Å². The summed E-state index contributed by atoms with van der Waals surface area (Å²) in [6, 6.07) is -0.517. The Morgan fingerprint density at radius 3 is 2.71 bits per heavy atom. The van der Waals surface area contributed by atoms with Crippen LogP contribution in [0.2, 0.25) is 0 Å². The number of hydrogen-bond acceptors (Lipinski definition) is 7. The molecule has 2 rings (SSSR count). The molecule has 21 heavy (non-hydrogen) atoms. The molecule has 2 heterocycles. The predicted molar refractivity (Wildman–Crippen MR) is 70.1 cm³/mol. The van der Waals surface area contributed by atoms with Crippen molar-refractivity contribution in [2.24, 2.45) is 5.11 Å². The van der Waals surface area contributed by atoms with Crippen LogP contribution in [0.3, 0.4) is 0 Å². The second-order valence-corrected chi connectivity index (χ2v) is 5.65. The van der Waals surface area contributed by atoms with Crippen molar-refractivity contribution in [1.82, 2.24) is 0 Å². The molecule has 0 radical (unpaired) electrons. The van der Waals surface area contributed by atoms with Crippen LogP contribution in [0, 0.1) is 0 Å². The normalized spacial score (nSPS) is 38.8. The second-order valence-electron chi connectivity index (χ2n) is 5.65. The smallest absolute Gasteiger partial charge is 0.219 e. The third-order valence-electron chi connectivity index (χ3n) is 3.46. The summed E-state index contributed by atoms with van der Waals surface area (Å²) < 4.78 is 27.1. The van der Waals surface area contributed by atoms with Crippen molar-refractivity contribution >= 4 is 0 Å². The Bertz CT molecular complexity index is 427. The summed E-state index contributed by atoms with van der Waals surface area (Å²) in [4.78, 5) is 2.77. The van der Waals surface area contributed by atoms with E-state index in [1.807, 2.05) is 0 Å². The lowest BCUT2D eigenvalue weighted by molar-refractivity contribution is -0.295. The van der Waals surface area contributed by atoms with Gasteiger partial charge in [-0.1, -0.05) is 12.0 Å². The molecule has 0 amide bonds. The molecule has 2 fully saturated rings. The highest BCUT2D eigenvalue weighted by Crippen LogP contribution is 2.44. The number of nitrogens with zero attached hydrogens (tertiary/aromatic N) is 3. The number of azide groups is 1. The van der Waals surface area contributed by atoms with E-state index in [4.69, 9.17) is 29.2 Å². The highest BCUT2D eigenvalue weighted by molar-refractivity contribution is 5.04. The fourth-order valence-corrected chi connectivity index (χ4v) is 2.66. The van der Waals surface area contributed by atoms with Gasteiger partial charge in [0.15, 0.2) is 5.79 Å². The van der Waals surface area contributed by atoms with Crippen LogP contribution in [0.4, 0.5) is 0 Å². The number of methoxy groups -OCH3 is 1. The van der Waals surface area contributed by atoms with Crippen molar-refractivity contribution in [2.75, 3.05) is 20.5 Å². The maximum absolute atomic E-state index is 10.7. The lowest BCUT2D eigenvalue weighted by Crippen LogP contribution is -2.47. The number of ether oxygens (including phenoxy) is 5. The minimum atomic E-state index is -1.68. The van der Waals surface area contributed by atoms with Gasteiger partial charge in [0.25, 0.3) is 0 Å². The Morgan fingerprint density at radius 2 is 2.10 bits per heavy atom. The fraction of sp³-hybridized carbons (Fsp3) is 1.00. The molecule has 2 aliphatic rings. The monoisotopic (exact) mass is 303 g/mol. The predicted octanol–water partition coefficient (Wildman–Crippen LogP) is 0.913. The highest BCUT2D eigenvalue weighted by Gasteiger charge is 2.63. The second kappa shape index (κ2) is 6.05. The van der Waals surface area contributed by atoms with E-state index in [-0.39, 0.29) is 13.4 Å². The molecule has 9 nitrogen and oxygen atoms in total. The molecule has 2 aliphatic heterocycles. The summed E-state index contributed by atoms with van der Waals surface area (Å²) in [6.45, 7) is 5.07. The topological polar surface area (TPSA) is 115 Å². The molecular weight excluding hydrogens is 282 g/mol. The van der Waals surface area contributed by atoms with Crippen molar-refractivity contribution in [3.05, 3.63) is 10.4 Å². The van der Waals surface area contributed by atoms with Crippen LogP contribution in [-0.4, -0.2) is 61.5 Å². The van der Waals surface area contributed by atoms with Gasteiger partial charge >= 0.3 is 0 Å². The first-order valence-corrected chi connectivity index (χ1v) is 6.70. The van der Waals surface area contributed by atoms with E-state index in [2.05, 4.69) is 10.0 Å². The van der Waals surface area contributed by atoms with Gasteiger partial charge in [0.05, 0.1) is 12.1 Å². The lowest BCUT2D eigenvalue weighted by Gasteiger charge is -2.30. The standard InChI is InChI=1S/C12H21N3O6/c1-7(14-15-13)8-9-10(21-11(2,3)19-9)12(16,20-8)5-18-6-17-4/h7-10,16H,5-6H2,1-4H3/t7-,8+,9-,10-,12?/m1/s1. The zero-order valence-corrected chi connectivity index (χ0v) is 12.6. The molecule has 5 atom stereocenters. The molecule has 0 aromatic heterocycles. The van der Waals surface area contributed by atoms with E-state index in [0.29, 0.717) is 0 Å². The van der Waals surface area contributed by atoms with Gasteiger partial charge in [0.1, 0.15) is 25.6 Å². The SMILES string of the molecule is COCOCC1(O)O[C@@H]([C@@H](C)N=[N+]=[N-])[C@H]2OC(C)(C)O[C@H]21. The van der Waals surface area contributed by atoms with Gasteiger partial charge in [-0.15, -0.1) is 0 Å². The Morgan fingerprint density at radius 1 is 1.38 bits per heavy atom. The van der Waals surface area contributed by atoms with Crippen LogP contribution < -0.4 is 0 Å². The van der Waals surface area contributed by atoms with Crippen molar-refractivity contribution in [1.29, 1.82) is 0 Å². The quantitative estimate of drug-likeness (QED) is 0.256. The van der Waals surface area contributed by atoms with Crippen LogP contribution in [0.15, 0.2) is 5.11 Å². The number of rotatable bonds is 6. The summed E-state index contributed by atoms with van der Waals surface area (Å²) >= 11 is 0. The first-order valence-electron chi connectivity index (χ1n) is 6.70. The number of hydrogen-bond donors (Lipinski definition) is 1. The minimum Gasteiger partial charge on any atom is -0.362 e. The van der Waals surface area contributed by atoms with Gasteiger partial charge in [-0.05, 0) is 19.4 Å². The van der Waals surface area contributed by atoms with Crippen molar-refractivity contribution < 1.29 is 28.8 Å². The van der Waals surface area contributed by atoms with Crippen molar-refractivity contribution in [3.8, 4) is 0 Å². The molecule has 0 bridgehead atoms. The molecule has 9 heteroatoms. The highest BCUT2D eigenvalue weighted by atomic mass is 16.8. The average Bonchev–Trinajstić information content (AvgIpc) is 2.84. The molecule has 120 valence electrons. The Balaban J connectivity index is 2.18. The molecule has 0 aromatic carbocycles. The van der Waals surface area contributed by atoms with Gasteiger partial charge < -0.3 is 28.8 Å². The summed E-state index contributed by atoms with van der Waals surface area (Å²) in [5.41, 5.74) is 8.57. The van der Waals surface area contributed by atoms with Crippen LogP contribution >= 0.6 is 0 Å². The Labute approximate surface area is 122 Å². The number of aliphatic hydroxyl groups is 1. The van der Waals surface area contributed by atoms with Gasteiger partial charge in [0.2, 0.25) is 5.79 Å². The Kier molecular flexibility index (Phi) is 4.74. The molecule has 0 saturated carbocycles. The summed E-state index contributed by atoms with van der Waals surface area (Å²) in [6.07, 6.45) is -1.90. The van der Waals surface area contributed by atoms with Gasteiger partial charge in [-0.2, -0.15) is 0 Å². The molecule has 0 aliphatic carbocycles. The van der Waals surface area contributed by atoms with E-state index in [0.717, 1.165) is 0 Å². The maximum atomic E-state index is 10.7. The Hall–Kier alpha value is -0.930. The van der Waals surface area contributed by atoms with Crippen LogP contribution in [0.25, 0.3) is 10.4 Å². The van der Waals surface area contributed by atoms with E-state index < -0.39 is 35.9 Å². The largest absolute Gasteiger partial charge is 0.362 e. The third kappa shape index (κ3) is 3.29. The van der Waals surface area contributed by atoms with Crippen molar-refractivity contribution in [2.45, 2.75) is 56.7 Å². The van der Waals surface area contributed by atoms with E-state index >= 15 is 0 Å². The molecular formula is C12H21N3O6. The molecule has 1 N–H and O–H groups in total. The first-order chi connectivity index (χ1) is 9.83. The minimum absolute atomic E-state index is 0.0177. The summed E-state index contributed by atoms with van der Waals surface area (Å²) in [5, 5.41) is 14.3. The van der Waals surface area contributed by atoms with Gasteiger partial charge in [-0.3, -0.25) is 0 Å². The summed E-state index contributed by atoms with van der Waals surface area (Å²) in [7, 11) is 1.48. The third-order valence-corrected chi connectivity index (χ3v) is 3.46. The van der Waals surface area contributed by atoms with Gasteiger partial charge in [0, 0.05) is 12.0 Å². The molecule has 0 aromatic rings. The average molecular weight is 303 g/mol. The first kappa shape index (κ1) is 16.4. The lowest BCUT2D eigenvalue weighted by atomic mass is 10.0. The summed E-state index contributed by atoms with van der Waals surface area (Å²) in [5.74, 6) is -2.54. The van der Waals surface area contributed by atoms with E-state index in [1.54, 1.807) is 20.8 Å². The molecule has 0 spiro atoms. The molecule has 1 unspecified atom stereocenters. The van der Waals surface area contributed by atoms with Gasteiger partial charge in [-0.25, -0.2) is 0 Å². The maximum Gasteiger partial charge on any atom is 0.219 e. The fourth-order valence-electron chi connectivity index (χ4n) is 2.66. The van der Waals surface area contributed by atoms with E-state index in [9.17, 15) is 5.11 Å². The van der Waals surface area contributed by atoms with Crippen LogP contribution in [-0.2, 0) is 23.7 Å².